The maximum absolute atomic E-state index is 6.51. The first-order valence-electron chi connectivity index (χ1n) is 7.34. The molecule has 4 nitrogen and oxygen atoms in total. The van der Waals surface area contributed by atoms with Gasteiger partial charge < -0.3 is 10.3 Å². The van der Waals surface area contributed by atoms with Crippen LogP contribution in [0, 0.1) is 0 Å². The molecule has 3 rings (SSSR count). The van der Waals surface area contributed by atoms with Crippen LogP contribution in [0.5, 0.6) is 0 Å². The van der Waals surface area contributed by atoms with Crippen molar-refractivity contribution in [2.75, 3.05) is 6.54 Å². The third kappa shape index (κ3) is 2.49. The van der Waals surface area contributed by atoms with Crippen molar-refractivity contribution in [2.24, 2.45) is 5.73 Å². The van der Waals surface area contributed by atoms with Gasteiger partial charge in [0, 0.05) is 37.6 Å². The zero-order valence-corrected chi connectivity index (χ0v) is 11.9. The fraction of sp³-hybridized carbons (Fsp3) is 0.438. The predicted octanol–water partition coefficient (Wildman–Crippen LogP) is 2.18. The molecule has 2 heterocycles. The summed E-state index contributed by atoms with van der Waals surface area (Å²) in [5.74, 6) is 1.15. The van der Waals surface area contributed by atoms with Crippen molar-refractivity contribution >= 4 is 0 Å². The summed E-state index contributed by atoms with van der Waals surface area (Å²) < 4.78 is 2.23. The number of hydrogen-bond acceptors (Lipinski definition) is 3. The Hall–Kier alpha value is -1.65. The first-order chi connectivity index (χ1) is 9.79. The Balaban J connectivity index is 1.77. The number of aromatic nitrogens is 2. The Labute approximate surface area is 120 Å². The molecular weight excluding hydrogens is 248 g/mol. The molecule has 1 aliphatic rings. The SMILES string of the molecule is CCC(C(N)c1ccccc1)N1CCn2ccnc2C1. The lowest BCUT2D eigenvalue weighted by molar-refractivity contribution is 0.128. The zero-order valence-electron chi connectivity index (χ0n) is 11.9. The van der Waals surface area contributed by atoms with Crippen LogP contribution < -0.4 is 5.73 Å². The summed E-state index contributed by atoms with van der Waals surface area (Å²) >= 11 is 0. The fourth-order valence-corrected chi connectivity index (χ4v) is 3.11. The Kier molecular flexibility index (Phi) is 3.85. The lowest BCUT2D eigenvalue weighted by atomic mass is 9.96. The normalized spacial score (nSPS) is 18.5. The number of hydrogen-bond donors (Lipinski definition) is 1. The van der Waals surface area contributed by atoms with E-state index in [1.54, 1.807) is 0 Å². The van der Waals surface area contributed by atoms with Crippen molar-refractivity contribution in [1.82, 2.24) is 14.5 Å². The lowest BCUT2D eigenvalue weighted by Crippen LogP contribution is -2.46. The molecule has 1 aliphatic heterocycles. The molecular formula is C16H22N4. The maximum atomic E-state index is 6.51. The van der Waals surface area contributed by atoms with Crippen molar-refractivity contribution in [3.05, 3.63) is 54.1 Å². The maximum Gasteiger partial charge on any atom is 0.122 e. The van der Waals surface area contributed by atoms with Crippen LogP contribution in [0.2, 0.25) is 0 Å². The largest absolute Gasteiger partial charge is 0.333 e. The molecule has 0 saturated carbocycles. The standard InChI is InChI=1S/C16H22N4/c1-2-14(16(17)13-6-4-3-5-7-13)20-11-10-19-9-8-18-15(19)12-20/h3-9,14,16H,2,10-12,17H2,1H3. The topological polar surface area (TPSA) is 47.1 Å². The molecule has 2 aromatic rings. The van der Waals surface area contributed by atoms with Gasteiger partial charge in [0.2, 0.25) is 0 Å². The lowest BCUT2D eigenvalue weighted by Gasteiger charge is -2.37. The van der Waals surface area contributed by atoms with Gasteiger partial charge in [-0.25, -0.2) is 4.98 Å². The van der Waals surface area contributed by atoms with Crippen LogP contribution in [0.3, 0.4) is 0 Å². The van der Waals surface area contributed by atoms with E-state index in [4.69, 9.17) is 5.73 Å². The summed E-state index contributed by atoms with van der Waals surface area (Å²) in [5.41, 5.74) is 7.72. The number of imidazole rings is 1. The molecule has 2 N–H and O–H groups in total. The fourth-order valence-electron chi connectivity index (χ4n) is 3.11. The van der Waals surface area contributed by atoms with Gasteiger partial charge in [-0.2, -0.15) is 0 Å². The second-order valence-electron chi connectivity index (χ2n) is 5.42. The van der Waals surface area contributed by atoms with Gasteiger partial charge in [-0.05, 0) is 12.0 Å². The van der Waals surface area contributed by atoms with Crippen LogP contribution >= 0.6 is 0 Å². The first-order valence-corrected chi connectivity index (χ1v) is 7.34. The summed E-state index contributed by atoms with van der Waals surface area (Å²) in [4.78, 5) is 6.91. The second-order valence-corrected chi connectivity index (χ2v) is 5.42. The number of nitrogens with two attached hydrogens (primary N) is 1. The summed E-state index contributed by atoms with van der Waals surface area (Å²) in [7, 11) is 0. The van der Waals surface area contributed by atoms with E-state index in [0.717, 1.165) is 31.9 Å². The van der Waals surface area contributed by atoms with Gasteiger partial charge in [0.25, 0.3) is 0 Å². The quantitative estimate of drug-likeness (QED) is 0.926. The van der Waals surface area contributed by atoms with E-state index in [-0.39, 0.29) is 6.04 Å². The van der Waals surface area contributed by atoms with Crippen LogP contribution in [-0.2, 0) is 13.1 Å². The number of rotatable bonds is 4. The molecule has 20 heavy (non-hydrogen) atoms. The Morgan fingerprint density at radius 2 is 2.05 bits per heavy atom. The zero-order chi connectivity index (χ0) is 13.9. The number of nitrogens with zero attached hydrogens (tertiary/aromatic N) is 3. The van der Waals surface area contributed by atoms with Crippen molar-refractivity contribution in [3.63, 3.8) is 0 Å². The third-order valence-corrected chi connectivity index (χ3v) is 4.26. The molecule has 0 bridgehead atoms. The molecule has 0 fully saturated rings. The third-order valence-electron chi connectivity index (χ3n) is 4.26. The summed E-state index contributed by atoms with van der Waals surface area (Å²) in [5, 5.41) is 0. The van der Waals surface area contributed by atoms with E-state index in [2.05, 4.69) is 51.8 Å². The molecule has 0 aliphatic carbocycles. The minimum atomic E-state index is 0.0581. The summed E-state index contributed by atoms with van der Waals surface area (Å²) in [6, 6.07) is 10.8. The first kappa shape index (κ1) is 13.3. The van der Waals surface area contributed by atoms with Crippen LogP contribution in [0.25, 0.3) is 0 Å². The van der Waals surface area contributed by atoms with Crippen molar-refractivity contribution in [3.8, 4) is 0 Å². The Morgan fingerprint density at radius 3 is 2.80 bits per heavy atom. The average Bonchev–Trinajstić information content (AvgIpc) is 2.96. The predicted molar refractivity (Wildman–Crippen MR) is 80.1 cm³/mol. The highest BCUT2D eigenvalue weighted by atomic mass is 15.3. The Bertz CT molecular complexity index is 549. The van der Waals surface area contributed by atoms with Crippen molar-refractivity contribution in [1.29, 1.82) is 0 Å². The van der Waals surface area contributed by atoms with Gasteiger partial charge in [0.1, 0.15) is 5.82 Å². The van der Waals surface area contributed by atoms with Crippen LogP contribution in [-0.4, -0.2) is 27.0 Å². The number of fused-ring (bicyclic) bond motifs is 1. The highest BCUT2D eigenvalue weighted by Gasteiger charge is 2.27. The van der Waals surface area contributed by atoms with Crippen LogP contribution in [0.4, 0.5) is 0 Å². The summed E-state index contributed by atoms with van der Waals surface area (Å²) in [6.45, 7) is 5.16. The highest BCUT2D eigenvalue weighted by Crippen LogP contribution is 2.24. The molecule has 106 valence electrons. The van der Waals surface area contributed by atoms with Gasteiger partial charge in [-0.15, -0.1) is 0 Å². The van der Waals surface area contributed by atoms with Gasteiger partial charge >= 0.3 is 0 Å². The molecule has 1 aromatic carbocycles. The molecule has 4 heteroatoms. The van der Waals surface area contributed by atoms with Crippen LogP contribution in [0.1, 0.15) is 30.8 Å². The Morgan fingerprint density at radius 1 is 1.25 bits per heavy atom. The smallest absolute Gasteiger partial charge is 0.122 e. The molecule has 0 radical (unpaired) electrons. The number of benzene rings is 1. The average molecular weight is 270 g/mol. The molecule has 2 unspecified atom stereocenters. The van der Waals surface area contributed by atoms with Gasteiger partial charge in [-0.1, -0.05) is 37.3 Å². The van der Waals surface area contributed by atoms with E-state index >= 15 is 0 Å². The van der Waals surface area contributed by atoms with E-state index in [0.29, 0.717) is 6.04 Å². The van der Waals surface area contributed by atoms with Crippen molar-refractivity contribution < 1.29 is 0 Å². The monoisotopic (exact) mass is 270 g/mol. The van der Waals surface area contributed by atoms with E-state index in [1.807, 2.05) is 12.3 Å². The van der Waals surface area contributed by atoms with Gasteiger partial charge in [0.05, 0.1) is 6.54 Å². The van der Waals surface area contributed by atoms with Gasteiger partial charge in [0.15, 0.2) is 0 Å². The second kappa shape index (κ2) is 5.77. The minimum Gasteiger partial charge on any atom is -0.333 e. The molecule has 0 spiro atoms. The molecule has 1 aromatic heterocycles. The van der Waals surface area contributed by atoms with Gasteiger partial charge in [-0.3, -0.25) is 4.90 Å². The summed E-state index contributed by atoms with van der Waals surface area (Å²) in [6.07, 6.45) is 5.00. The minimum absolute atomic E-state index is 0.0581. The highest BCUT2D eigenvalue weighted by molar-refractivity contribution is 5.20. The van der Waals surface area contributed by atoms with E-state index < -0.39 is 0 Å². The van der Waals surface area contributed by atoms with E-state index in [9.17, 15) is 0 Å². The molecule has 0 saturated heterocycles. The van der Waals surface area contributed by atoms with Crippen molar-refractivity contribution in [2.45, 2.75) is 38.5 Å². The molecule has 2 atom stereocenters. The van der Waals surface area contributed by atoms with Crippen LogP contribution in [0.15, 0.2) is 42.7 Å². The van der Waals surface area contributed by atoms with E-state index in [1.165, 1.54) is 5.56 Å². The molecule has 0 amide bonds.